The maximum absolute atomic E-state index is 10.8. The van der Waals surface area contributed by atoms with Crippen molar-refractivity contribution in [3.63, 3.8) is 0 Å². The van der Waals surface area contributed by atoms with E-state index in [0.717, 1.165) is 21.8 Å². The zero-order chi connectivity index (χ0) is 13.7. The highest BCUT2D eigenvalue weighted by atomic mass is 35.5. The van der Waals surface area contributed by atoms with E-state index in [1.807, 2.05) is 48.5 Å². The van der Waals surface area contributed by atoms with Crippen LogP contribution in [0.25, 0.3) is 0 Å². The molecule has 0 aliphatic carbocycles. The fourth-order valence-corrected chi connectivity index (χ4v) is 1.98. The summed E-state index contributed by atoms with van der Waals surface area (Å²) in [5.74, 6) is -0.322. The summed E-state index contributed by atoms with van der Waals surface area (Å²) >= 11 is 6.08. The second-order valence-corrected chi connectivity index (χ2v) is 4.69. The molecule has 1 amide bonds. The first-order valence-electron chi connectivity index (χ1n) is 5.99. The monoisotopic (exact) mass is 274 g/mol. The predicted molar refractivity (Wildman–Crippen MR) is 78.1 cm³/mol. The van der Waals surface area contributed by atoms with Gasteiger partial charge in [0.1, 0.15) is 0 Å². The molecule has 0 saturated heterocycles. The molecule has 4 heteroatoms. The molecule has 0 heterocycles. The van der Waals surface area contributed by atoms with Gasteiger partial charge in [-0.3, -0.25) is 4.79 Å². The number of nitrogens with two attached hydrogens (primary N) is 1. The van der Waals surface area contributed by atoms with E-state index in [4.69, 9.17) is 17.3 Å². The Kier molecular flexibility index (Phi) is 4.42. The normalized spacial score (nSPS) is 10.2. The Bertz CT molecular complexity index is 567. The lowest BCUT2D eigenvalue weighted by Crippen LogP contribution is -2.13. The van der Waals surface area contributed by atoms with Gasteiger partial charge in [0, 0.05) is 17.3 Å². The number of carbonyl (C=O) groups is 1. The fraction of sp³-hybridized carbons (Fsp3) is 0.133. The first-order chi connectivity index (χ1) is 9.15. The molecule has 0 aromatic heterocycles. The standard InChI is InChI=1S/C15H15ClN2O/c16-14-4-2-1-3-12(14)10-18-13-7-5-11(6-8-13)9-15(17)19/h1-8,18H,9-10H2,(H2,17,19). The van der Waals surface area contributed by atoms with Gasteiger partial charge in [0.05, 0.1) is 6.42 Å². The van der Waals surface area contributed by atoms with E-state index in [2.05, 4.69) is 5.32 Å². The van der Waals surface area contributed by atoms with Crippen LogP contribution in [0.4, 0.5) is 5.69 Å². The molecule has 0 spiro atoms. The van der Waals surface area contributed by atoms with E-state index in [1.54, 1.807) is 0 Å². The molecular formula is C15H15ClN2O. The second kappa shape index (κ2) is 6.25. The third-order valence-electron chi connectivity index (χ3n) is 2.77. The fourth-order valence-electron chi connectivity index (χ4n) is 1.78. The van der Waals surface area contributed by atoms with Gasteiger partial charge in [0.25, 0.3) is 0 Å². The van der Waals surface area contributed by atoms with Crippen LogP contribution in [0.1, 0.15) is 11.1 Å². The van der Waals surface area contributed by atoms with Crippen molar-refractivity contribution in [2.45, 2.75) is 13.0 Å². The first kappa shape index (κ1) is 13.4. The number of primary amides is 1. The van der Waals surface area contributed by atoms with Gasteiger partial charge in [-0.2, -0.15) is 0 Å². The van der Waals surface area contributed by atoms with Crippen LogP contribution in [0.5, 0.6) is 0 Å². The Hall–Kier alpha value is -2.00. The van der Waals surface area contributed by atoms with Crippen LogP contribution in [-0.2, 0) is 17.8 Å². The van der Waals surface area contributed by atoms with Gasteiger partial charge in [0.2, 0.25) is 5.91 Å². The zero-order valence-electron chi connectivity index (χ0n) is 10.4. The number of hydrogen-bond acceptors (Lipinski definition) is 2. The van der Waals surface area contributed by atoms with Crippen molar-refractivity contribution < 1.29 is 4.79 Å². The number of amides is 1. The lowest BCUT2D eigenvalue weighted by atomic mass is 10.1. The van der Waals surface area contributed by atoms with E-state index in [1.165, 1.54) is 0 Å². The molecule has 0 aliphatic heterocycles. The Morgan fingerprint density at radius 1 is 1.11 bits per heavy atom. The molecule has 0 radical (unpaired) electrons. The number of carbonyl (C=O) groups excluding carboxylic acids is 1. The lowest BCUT2D eigenvalue weighted by molar-refractivity contribution is -0.117. The van der Waals surface area contributed by atoms with Crippen molar-refractivity contribution in [3.8, 4) is 0 Å². The Balaban J connectivity index is 1.97. The molecule has 0 aliphatic rings. The molecule has 0 fully saturated rings. The van der Waals surface area contributed by atoms with E-state index >= 15 is 0 Å². The largest absolute Gasteiger partial charge is 0.381 e. The number of rotatable bonds is 5. The number of hydrogen-bond donors (Lipinski definition) is 2. The molecule has 3 nitrogen and oxygen atoms in total. The highest BCUT2D eigenvalue weighted by Crippen LogP contribution is 2.17. The minimum Gasteiger partial charge on any atom is -0.381 e. The van der Waals surface area contributed by atoms with Crippen LogP contribution in [0.3, 0.4) is 0 Å². The molecule has 19 heavy (non-hydrogen) atoms. The number of benzene rings is 2. The van der Waals surface area contributed by atoms with E-state index < -0.39 is 0 Å². The molecule has 2 aromatic rings. The first-order valence-corrected chi connectivity index (χ1v) is 6.37. The minimum atomic E-state index is -0.322. The van der Waals surface area contributed by atoms with Gasteiger partial charge in [-0.15, -0.1) is 0 Å². The van der Waals surface area contributed by atoms with Crippen molar-refractivity contribution in [1.82, 2.24) is 0 Å². The number of halogens is 1. The van der Waals surface area contributed by atoms with E-state index in [0.29, 0.717) is 6.54 Å². The van der Waals surface area contributed by atoms with Gasteiger partial charge in [-0.05, 0) is 29.3 Å². The zero-order valence-corrected chi connectivity index (χ0v) is 11.2. The summed E-state index contributed by atoms with van der Waals surface area (Å²) < 4.78 is 0. The SMILES string of the molecule is NC(=O)Cc1ccc(NCc2ccccc2Cl)cc1. The Morgan fingerprint density at radius 2 is 1.79 bits per heavy atom. The van der Waals surface area contributed by atoms with Gasteiger partial charge in [0.15, 0.2) is 0 Å². The van der Waals surface area contributed by atoms with E-state index in [-0.39, 0.29) is 12.3 Å². The molecule has 98 valence electrons. The van der Waals surface area contributed by atoms with Gasteiger partial charge >= 0.3 is 0 Å². The summed E-state index contributed by atoms with van der Waals surface area (Å²) in [7, 11) is 0. The average Bonchev–Trinajstić information content (AvgIpc) is 2.39. The van der Waals surface area contributed by atoms with Crippen LogP contribution >= 0.6 is 11.6 Å². The van der Waals surface area contributed by atoms with Crippen LogP contribution in [0.15, 0.2) is 48.5 Å². The summed E-state index contributed by atoms with van der Waals surface area (Å²) in [5, 5.41) is 4.03. The Morgan fingerprint density at radius 3 is 2.42 bits per heavy atom. The van der Waals surface area contributed by atoms with Crippen molar-refractivity contribution in [2.24, 2.45) is 5.73 Å². The van der Waals surface area contributed by atoms with Crippen molar-refractivity contribution in [3.05, 3.63) is 64.7 Å². The van der Waals surface area contributed by atoms with Crippen molar-refractivity contribution in [2.75, 3.05) is 5.32 Å². The summed E-state index contributed by atoms with van der Waals surface area (Å²) in [4.78, 5) is 10.8. The summed E-state index contributed by atoms with van der Waals surface area (Å²) in [6, 6.07) is 15.3. The van der Waals surface area contributed by atoms with Crippen LogP contribution < -0.4 is 11.1 Å². The average molecular weight is 275 g/mol. The van der Waals surface area contributed by atoms with Gasteiger partial charge < -0.3 is 11.1 Å². The molecule has 2 rings (SSSR count). The third-order valence-corrected chi connectivity index (χ3v) is 3.14. The minimum absolute atomic E-state index is 0.269. The highest BCUT2D eigenvalue weighted by molar-refractivity contribution is 6.31. The maximum atomic E-state index is 10.8. The number of anilines is 1. The molecule has 0 unspecified atom stereocenters. The lowest BCUT2D eigenvalue weighted by Gasteiger charge is -2.08. The van der Waals surface area contributed by atoms with Gasteiger partial charge in [-0.25, -0.2) is 0 Å². The maximum Gasteiger partial charge on any atom is 0.221 e. The van der Waals surface area contributed by atoms with Crippen LogP contribution in [0, 0.1) is 0 Å². The third kappa shape index (κ3) is 4.00. The van der Waals surface area contributed by atoms with Crippen LogP contribution in [0.2, 0.25) is 5.02 Å². The summed E-state index contributed by atoms with van der Waals surface area (Å²) in [5.41, 5.74) is 8.08. The van der Waals surface area contributed by atoms with Gasteiger partial charge in [-0.1, -0.05) is 41.9 Å². The van der Waals surface area contributed by atoms with Crippen molar-refractivity contribution >= 4 is 23.2 Å². The van der Waals surface area contributed by atoms with Crippen molar-refractivity contribution in [1.29, 1.82) is 0 Å². The summed E-state index contributed by atoms with van der Waals surface area (Å²) in [6.45, 7) is 0.662. The molecular weight excluding hydrogens is 260 g/mol. The van der Waals surface area contributed by atoms with Crippen LogP contribution in [-0.4, -0.2) is 5.91 Å². The smallest absolute Gasteiger partial charge is 0.221 e. The second-order valence-electron chi connectivity index (χ2n) is 4.28. The highest BCUT2D eigenvalue weighted by Gasteiger charge is 2.00. The molecule has 3 N–H and O–H groups in total. The van der Waals surface area contributed by atoms with E-state index in [9.17, 15) is 4.79 Å². The molecule has 2 aromatic carbocycles. The molecule has 0 saturated carbocycles. The summed E-state index contributed by atoms with van der Waals surface area (Å²) in [6.07, 6.45) is 0.269. The molecule has 0 atom stereocenters. The number of nitrogens with one attached hydrogen (secondary N) is 1. The Labute approximate surface area is 117 Å². The quantitative estimate of drug-likeness (QED) is 0.881. The predicted octanol–water partition coefficient (Wildman–Crippen LogP) is 2.98. The molecule has 0 bridgehead atoms. The topological polar surface area (TPSA) is 55.1 Å².